The van der Waals surface area contributed by atoms with Crippen molar-refractivity contribution in [3.8, 4) is 0 Å². The standard InChI is InChI=1S/C11H11N/c12-9-3-4-10-7-1-2-8(5-7)11(10)6-9/h1-4,6-8H,5,12H2/t7-,8-/m1/s1. The summed E-state index contributed by atoms with van der Waals surface area (Å²) in [7, 11) is 0. The van der Waals surface area contributed by atoms with Crippen molar-refractivity contribution in [2.75, 3.05) is 5.73 Å². The molecule has 3 rings (SSSR count). The fourth-order valence-corrected chi connectivity index (χ4v) is 2.41. The molecule has 0 fully saturated rings. The first kappa shape index (κ1) is 6.30. The Labute approximate surface area is 71.9 Å². The number of rotatable bonds is 0. The Morgan fingerprint density at radius 1 is 1.08 bits per heavy atom. The molecule has 0 aliphatic heterocycles. The molecule has 12 heavy (non-hydrogen) atoms. The van der Waals surface area contributed by atoms with Crippen LogP contribution >= 0.6 is 0 Å². The van der Waals surface area contributed by atoms with Crippen molar-refractivity contribution in [3.05, 3.63) is 41.5 Å². The van der Waals surface area contributed by atoms with Gasteiger partial charge in [-0.15, -0.1) is 0 Å². The summed E-state index contributed by atoms with van der Waals surface area (Å²) in [6.45, 7) is 0. The minimum Gasteiger partial charge on any atom is -0.399 e. The molecule has 0 saturated carbocycles. The third kappa shape index (κ3) is 0.638. The highest BCUT2D eigenvalue weighted by Gasteiger charge is 2.32. The number of nitrogen functional groups attached to an aromatic ring is 1. The molecule has 1 nitrogen and oxygen atoms in total. The van der Waals surface area contributed by atoms with Crippen LogP contribution in [0.5, 0.6) is 0 Å². The van der Waals surface area contributed by atoms with Gasteiger partial charge in [0.25, 0.3) is 0 Å². The van der Waals surface area contributed by atoms with E-state index in [4.69, 9.17) is 5.73 Å². The first-order chi connectivity index (χ1) is 5.84. The van der Waals surface area contributed by atoms with Gasteiger partial charge in [-0.1, -0.05) is 18.2 Å². The molecule has 1 heteroatoms. The summed E-state index contributed by atoms with van der Waals surface area (Å²) in [6.07, 6.45) is 5.91. The van der Waals surface area contributed by atoms with Gasteiger partial charge in [-0.3, -0.25) is 0 Å². The second-order valence-electron chi connectivity index (χ2n) is 3.72. The number of benzene rings is 1. The van der Waals surface area contributed by atoms with Gasteiger partial charge in [0.2, 0.25) is 0 Å². The van der Waals surface area contributed by atoms with E-state index < -0.39 is 0 Å². The maximum absolute atomic E-state index is 5.74. The van der Waals surface area contributed by atoms with Gasteiger partial charge in [0.05, 0.1) is 0 Å². The fourth-order valence-electron chi connectivity index (χ4n) is 2.41. The highest BCUT2D eigenvalue weighted by atomic mass is 14.5. The molecule has 2 aliphatic rings. The molecular formula is C11H11N. The van der Waals surface area contributed by atoms with E-state index in [1.165, 1.54) is 17.5 Å². The lowest BCUT2D eigenvalue weighted by molar-refractivity contribution is 0.804. The van der Waals surface area contributed by atoms with Gasteiger partial charge in [-0.25, -0.2) is 0 Å². The van der Waals surface area contributed by atoms with E-state index in [0.717, 1.165) is 5.69 Å². The van der Waals surface area contributed by atoms with E-state index in [9.17, 15) is 0 Å². The predicted molar refractivity (Wildman–Crippen MR) is 50.1 cm³/mol. The van der Waals surface area contributed by atoms with Crippen molar-refractivity contribution < 1.29 is 0 Å². The number of anilines is 1. The molecule has 2 N–H and O–H groups in total. The first-order valence-electron chi connectivity index (χ1n) is 4.42. The van der Waals surface area contributed by atoms with Gasteiger partial charge in [0.1, 0.15) is 0 Å². The van der Waals surface area contributed by atoms with Crippen LogP contribution in [0.3, 0.4) is 0 Å². The number of hydrogen-bond acceptors (Lipinski definition) is 1. The Morgan fingerprint density at radius 2 is 1.83 bits per heavy atom. The largest absolute Gasteiger partial charge is 0.399 e. The summed E-state index contributed by atoms with van der Waals surface area (Å²) in [5.41, 5.74) is 9.59. The van der Waals surface area contributed by atoms with Crippen LogP contribution in [0.15, 0.2) is 30.4 Å². The number of fused-ring (bicyclic) bond motifs is 5. The highest BCUT2D eigenvalue weighted by Crippen LogP contribution is 2.48. The normalized spacial score (nSPS) is 29.3. The minimum absolute atomic E-state index is 0.661. The Kier molecular flexibility index (Phi) is 1.01. The average molecular weight is 157 g/mol. The molecule has 0 unspecified atom stereocenters. The molecule has 2 atom stereocenters. The SMILES string of the molecule is Nc1ccc2c(c1)[C@@H]1C=C[C@@H]2C1. The number of hydrogen-bond donors (Lipinski definition) is 1. The zero-order valence-electron chi connectivity index (χ0n) is 6.83. The van der Waals surface area contributed by atoms with Gasteiger partial charge in [0, 0.05) is 17.5 Å². The van der Waals surface area contributed by atoms with Crippen molar-refractivity contribution in [2.24, 2.45) is 0 Å². The summed E-state index contributed by atoms with van der Waals surface area (Å²) in [5, 5.41) is 0. The average Bonchev–Trinajstić information content (AvgIpc) is 2.63. The van der Waals surface area contributed by atoms with Crippen LogP contribution in [0.25, 0.3) is 0 Å². The molecular weight excluding hydrogens is 146 g/mol. The third-order valence-corrected chi connectivity index (χ3v) is 2.99. The lowest BCUT2D eigenvalue weighted by Crippen LogP contribution is -1.94. The molecule has 2 bridgehead atoms. The number of nitrogens with two attached hydrogens (primary N) is 1. The second-order valence-corrected chi connectivity index (χ2v) is 3.72. The van der Waals surface area contributed by atoms with Gasteiger partial charge in [0.15, 0.2) is 0 Å². The molecule has 2 aliphatic carbocycles. The van der Waals surface area contributed by atoms with Crippen molar-refractivity contribution >= 4 is 5.69 Å². The van der Waals surface area contributed by atoms with Crippen molar-refractivity contribution in [1.82, 2.24) is 0 Å². The topological polar surface area (TPSA) is 26.0 Å². The molecule has 0 radical (unpaired) electrons. The van der Waals surface area contributed by atoms with E-state index in [-0.39, 0.29) is 0 Å². The zero-order chi connectivity index (χ0) is 8.13. The summed E-state index contributed by atoms with van der Waals surface area (Å²) >= 11 is 0. The van der Waals surface area contributed by atoms with Gasteiger partial charge in [-0.05, 0) is 29.7 Å². The second kappa shape index (κ2) is 1.92. The molecule has 0 saturated heterocycles. The molecule has 0 amide bonds. The molecule has 1 aromatic carbocycles. The molecule has 0 spiro atoms. The fraction of sp³-hybridized carbons (Fsp3) is 0.273. The first-order valence-corrected chi connectivity index (χ1v) is 4.42. The van der Waals surface area contributed by atoms with E-state index in [1.807, 2.05) is 6.07 Å². The summed E-state index contributed by atoms with van der Waals surface area (Å²) in [6, 6.07) is 6.32. The maximum atomic E-state index is 5.74. The predicted octanol–water partition coefficient (Wildman–Crippen LogP) is 2.41. The summed E-state index contributed by atoms with van der Waals surface area (Å²) < 4.78 is 0. The summed E-state index contributed by atoms with van der Waals surface area (Å²) in [4.78, 5) is 0. The van der Waals surface area contributed by atoms with Crippen LogP contribution < -0.4 is 5.73 Å². The zero-order valence-corrected chi connectivity index (χ0v) is 6.83. The smallest absolute Gasteiger partial charge is 0.0317 e. The lowest BCUT2D eigenvalue weighted by atomic mass is 9.96. The molecule has 60 valence electrons. The van der Waals surface area contributed by atoms with Crippen LogP contribution in [0.4, 0.5) is 5.69 Å². The van der Waals surface area contributed by atoms with Crippen molar-refractivity contribution in [3.63, 3.8) is 0 Å². The van der Waals surface area contributed by atoms with Crippen LogP contribution in [-0.2, 0) is 0 Å². The summed E-state index contributed by atoms with van der Waals surface area (Å²) in [5.74, 6) is 1.35. The lowest BCUT2D eigenvalue weighted by Gasteiger charge is -2.09. The molecule has 0 aromatic heterocycles. The van der Waals surface area contributed by atoms with Crippen molar-refractivity contribution in [1.29, 1.82) is 0 Å². The Hall–Kier alpha value is -1.24. The minimum atomic E-state index is 0.661. The van der Waals surface area contributed by atoms with Gasteiger partial charge >= 0.3 is 0 Å². The van der Waals surface area contributed by atoms with E-state index in [2.05, 4.69) is 24.3 Å². The Morgan fingerprint density at radius 3 is 2.67 bits per heavy atom. The monoisotopic (exact) mass is 157 g/mol. The van der Waals surface area contributed by atoms with E-state index in [0.29, 0.717) is 11.8 Å². The quantitative estimate of drug-likeness (QED) is 0.454. The molecule has 0 heterocycles. The van der Waals surface area contributed by atoms with Gasteiger partial charge < -0.3 is 5.73 Å². The van der Waals surface area contributed by atoms with Crippen molar-refractivity contribution in [2.45, 2.75) is 18.3 Å². The number of allylic oxidation sites excluding steroid dienone is 2. The third-order valence-electron chi connectivity index (χ3n) is 2.99. The molecule has 1 aromatic rings. The maximum Gasteiger partial charge on any atom is 0.0317 e. The van der Waals surface area contributed by atoms with Gasteiger partial charge in [-0.2, -0.15) is 0 Å². The Bertz CT molecular complexity index is 365. The van der Waals surface area contributed by atoms with Crippen LogP contribution in [0, 0.1) is 0 Å². The van der Waals surface area contributed by atoms with E-state index in [1.54, 1.807) is 0 Å². The highest BCUT2D eigenvalue weighted by molar-refractivity contribution is 5.54. The Balaban J connectivity index is 2.24. The van der Waals surface area contributed by atoms with Crippen LogP contribution in [-0.4, -0.2) is 0 Å². The van der Waals surface area contributed by atoms with Crippen LogP contribution in [0.1, 0.15) is 29.4 Å². The van der Waals surface area contributed by atoms with Crippen LogP contribution in [0.2, 0.25) is 0 Å². The van der Waals surface area contributed by atoms with E-state index >= 15 is 0 Å².